The Morgan fingerprint density at radius 3 is 2.29 bits per heavy atom. The van der Waals surface area contributed by atoms with E-state index in [1.54, 1.807) is 14.2 Å². The van der Waals surface area contributed by atoms with Crippen LogP contribution in [0.2, 0.25) is 0 Å². The van der Waals surface area contributed by atoms with Gasteiger partial charge in [-0.3, -0.25) is 4.79 Å². The third kappa shape index (κ3) is 3.71. The fourth-order valence-electron chi connectivity index (χ4n) is 2.67. The van der Waals surface area contributed by atoms with E-state index in [-0.39, 0.29) is 17.3 Å². The van der Waals surface area contributed by atoms with E-state index in [1.807, 2.05) is 26.0 Å². The quantitative estimate of drug-likeness (QED) is 0.913. The summed E-state index contributed by atoms with van der Waals surface area (Å²) in [6, 6.07) is 8.32. The van der Waals surface area contributed by atoms with Gasteiger partial charge in [-0.1, -0.05) is 18.2 Å². The molecule has 0 unspecified atom stereocenters. The molecule has 0 bridgehead atoms. The summed E-state index contributed by atoms with van der Waals surface area (Å²) in [6.45, 7) is 4.30. The third-order valence-corrected chi connectivity index (χ3v) is 3.68. The van der Waals surface area contributed by atoms with Crippen molar-refractivity contribution in [2.24, 2.45) is 0 Å². The monoisotopic (exact) mass is 328 g/mol. The number of hydrogen-bond donors (Lipinski definition) is 1. The highest BCUT2D eigenvalue weighted by atomic mass is 16.5. The minimum absolute atomic E-state index is 0.111. The lowest BCUT2D eigenvalue weighted by Gasteiger charge is -2.19. The first-order valence-corrected chi connectivity index (χ1v) is 7.43. The van der Waals surface area contributed by atoms with Crippen LogP contribution >= 0.6 is 0 Å². The van der Waals surface area contributed by atoms with Gasteiger partial charge >= 0.3 is 5.97 Å². The van der Waals surface area contributed by atoms with E-state index in [0.29, 0.717) is 6.54 Å². The largest absolute Gasteiger partial charge is 0.496 e. The van der Waals surface area contributed by atoms with E-state index in [0.717, 1.165) is 22.4 Å². The number of methoxy groups -OCH3 is 1. The Balaban J connectivity index is 2.20. The van der Waals surface area contributed by atoms with Gasteiger partial charge in [0.05, 0.1) is 7.11 Å². The number of nitrogens with zero attached hydrogens (tertiary/aromatic N) is 2. The highest BCUT2D eigenvalue weighted by Gasteiger charge is 2.16. The number of aromatic carboxylic acids is 1. The van der Waals surface area contributed by atoms with Gasteiger partial charge in [0.1, 0.15) is 17.1 Å². The molecule has 2 rings (SSSR count). The first-order valence-electron chi connectivity index (χ1n) is 7.43. The topological polar surface area (TPSA) is 79.7 Å². The summed E-state index contributed by atoms with van der Waals surface area (Å²) < 4.78 is 5.34. The number of pyridine rings is 1. The zero-order valence-electron chi connectivity index (χ0n) is 14.2. The molecular weight excluding hydrogens is 308 g/mol. The molecule has 0 aliphatic carbocycles. The smallest absolute Gasteiger partial charge is 0.354 e. The summed E-state index contributed by atoms with van der Waals surface area (Å²) in [7, 11) is 3.29. The predicted octanol–water partition coefficient (Wildman–Crippen LogP) is 2.68. The lowest BCUT2D eigenvalue weighted by molar-refractivity contribution is 0.0690. The molecule has 126 valence electrons. The van der Waals surface area contributed by atoms with Crippen molar-refractivity contribution in [3.05, 3.63) is 58.4 Å². The van der Waals surface area contributed by atoms with Gasteiger partial charge in [0.2, 0.25) is 0 Å². The van der Waals surface area contributed by atoms with Crippen LogP contribution in [0.15, 0.2) is 30.3 Å². The SMILES string of the molecule is COc1c(C)cc(CN(C)C(=O)c2cccc(C(=O)O)n2)cc1C. The first-order chi connectivity index (χ1) is 11.3. The van der Waals surface area contributed by atoms with Crippen molar-refractivity contribution in [1.29, 1.82) is 0 Å². The van der Waals surface area contributed by atoms with Crippen LogP contribution in [0.25, 0.3) is 0 Å². The number of rotatable bonds is 5. The van der Waals surface area contributed by atoms with Gasteiger partial charge < -0.3 is 14.7 Å². The minimum Gasteiger partial charge on any atom is -0.496 e. The highest BCUT2D eigenvalue weighted by Crippen LogP contribution is 2.25. The summed E-state index contributed by atoms with van der Waals surface area (Å²) in [4.78, 5) is 28.8. The number of aromatic nitrogens is 1. The van der Waals surface area contributed by atoms with Crippen LogP contribution in [0.3, 0.4) is 0 Å². The maximum absolute atomic E-state index is 12.5. The molecule has 24 heavy (non-hydrogen) atoms. The van der Waals surface area contributed by atoms with Crippen molar-refractivity contribution in [2.45, 2.75) is 20.4 Å². The maximum Gasteiger partial charge on any atom is 0.354 e. The molecule has 1 aromatic heterocycles. The molecule has 1 amide bonds. The Morgan fingerprint density at radius 1 is 1.17 bits per heavy atom. The minimum atomic E-state index is -1.16. The number of hydrogen-bond acceptors (Lipinski definition) is 4. The molecule has 0 atom stereocenters. The van der Waals surface area contributed by atoms with E-state index < -0.39 is 5.97 Å². The van der Waals surface area contributed by atoms with Crippen molar-refractivity contribution in [3.8, 4) is 5.75 Å². The molecule has 0 spiro atoms. The lowest BCUT2D eigenvalue weighted by Crippen LogP contribution is -2.27. The summed E-state index contributed by atoms with van der Waals surface area (Å²) in [5, 5.41) is 8.98. The van der Waals surface area contributed by atoms with Crippen molar-refractivity contribution in [1.82, 2.24) is 9.88 Å². The molecule has 1 heterocycles. The van der Waals surface area contributed by atoms with E-state index in [1.165, 1.54) is 23.1 Å². The fourth-order valence-corrected chi connectivity index (χ4v) is 2.67. The molecule has 0 saturated carbocycles. The molecule has 0 saturated heterocycles. The van der Waals surface area contributed by atoms with Crippen LogP contribution in [-0.2, 0) is 6.54 Å². The number of ether oxygens (including phenoxy) is 1. The predicted molar refractivity (Wildman–Crippen MR) is 89.5 cm³/mol. The number of carbonyl (C=O) groups is 2. The maximum atomic E-state index is 12.5. The van der Waals surface area contributed by atoms with Crippen LogP contribution < -0.4 is 4.74 Å². The molecule has 2 aromatic rings. The lowest BCUT2D eigenvalue weighted by atomic mass is 10.1. The third-order valence-electron chi connectivity index (χ3n) is 3.68. The van der Waals surface area contributed by atoms with E-state index in [9.17, 15) is 9.59 Å². The zero-order valence-corrected chi connectivity index (χ0v) is 14.2. The standard InChI is InChI=1S/C18H20N2O4/c1-11-8-13(9-12(2)16(11)24-4)10-20(3)17(21)14-6-5-7-15(19-14)18(22)23/h5-9H,10H2,1-4H3,(H,22,23). The number of amides is 1. The van der Waals surface area contributed by atoms with Gasteiger partial charge in [0, 0.05) is 13.6 Å². The van der Waals surface area contributed by atoms with Crippen LogP contribution in [0, 0.1) is 13.8 Å². The van der Waals surface area contributed by atoms with Crippen LogP contribution in [0.1, 0.15) is 37.7 Å². The average Bonchev–Trinajstić information content (AvgIpc) is 2.54. The van der Waals surface area contributed by atoms with Crippen LogP contribution in [0.5, 0.6) is 5.75 Å². The number of carbonyl (C=O) groups excluding carboxylic acids is 1. The molecule has 6 heteroatoms. The second-order valence-corrected chi connectivity index (χ2v) is 5.64. The van der Waals surface area contributed by atoms with Crippen molar-refractivity contribution in [2.75, 3.05) is 14.2 Å². The second kappa shape index (κ2) is 7.12. The number of carboxylic acids is 1. The van der Waals surface area contributed by atoms with Crippen molar-refractivity contribution < 1.29 is 19.4 Å². The molecule has 0 fully saturated rings. The normalized spacial score (nSPS) is 10.3. The Bertz CT molecular complexity index is 763. The Morgan fingerprint density at radius 2 is 1.75 bits per heavy atom. The summed E-state index contributed by atoms with van der Waals surface area (Å²) in [6.07, 6.45) is 0. The molecule has 6 nitrogen and oxygen atoms in total. The van der Waals surface area contributed by atoms with Gasteiger partial charge in [-0.15, -0.1) is 0 Å². The van der Waals surface area contributed by atoms with E-state index in [2.05, 4.69) is 4.98 Å². The number of aryl methyl sites for hydroxylation is 2. The van der Waals surface area contributed by atoms with Gasteiger partial charge in [-0.05, 0) is 42.7 Å². The van der Waals surface area contributed by atoms with Gasteiger partial charge in [-0.25, -0.2) is 9.78 Å². The summed E-state index contributed by atoms with van der Waals surface area (Å²) >= 11 is 0. The van der Waals surface area contributed by atoms with Crippen molar-refractivity contribution in [3.63, 3.8) is 0 Å². The van der Waals surface area contributed by atoms with Gasteiger partial charge in [-0.2, -0.15) is 0 Å². The first kappa shape index (κ1) is 17.5. The van der Waals surface area contributed by atoms with Crippen LogP contribution in [0.4, 0.5) is 0 Å². The van der Waals surface area contributed by atoms with E-state index >= 15 is 0 Å². The Hall–Kier alpha value is -2.89. The van der Waals surface area contributed by atoms with Crippen LogP contribution in [-0.4, -0.2) is 41.0 Å². The Kier molecular flexibility index (Phi) is 5.18. The molecule has 0 radical (unpaired) electrons. The molecule has 0 aliphatic rings. The Labute approximate surface area is 140 Å². The van der Waals surface area contributed by atoms with Crippen molar-refractivity contribution >= 4 is 11.9 Å². The fraction of sp³-hybridized carbons (Fsp3) is 0.278. The van der Waals surface area contributed by atoms with E-state index in [4.69, 9.17) is 9.84 Å². The molecule has 1 N–H and O–H groups in total. The highest BCUT2D eigenvalue weighted by molar-refractivity contribution is 5.94. The molecular formula is C18H20N2O4. The average molecular weight is 328 g/mol. The number of benzene rings is 1. The molecule has 1 aromatic carbocycles. The molecule has 0 aliphatic heterocycles. The zero-order chi connectivity index (χ0) is 17.9. The van der Waals surface area contributed by atoms with Gasteiger partial charge in [0.15, 0.2) is 0 Å². The summed E-state index contributed by atoms with van der Waals surface area (Å²) in [5.41, 5.74) is 2.93. The second-order valence-electron chi connectivity index (χ2n) is 5.64. The summed E-state index contributed by atoms with van der Waals surface area (Å²) in [5.74, 6) is -0.651. The van der Waals surface area contributed by atoms with Gasteiger partial charge in [0.25, 0.3) is 5.91 Å². The number of carboxylic acid groups (broad SMARTS) is 1.